The van der Waals surface area contributed by atoms with Crippen LogP contribution in [0.2, 0.25) is 0 Å². The molecule has 5 heteroatoms. The highest BCUT2D eigenvalue weighted by Crippen LogP contribution is 2.24. The van der Waals surface area contributed by atoms with Gasteiger partial charge >= 0.3 is 5.97 Å². The fourth-order valence-corrected chi connectivity index (χ4v) is 1.63. The molecule has 0 saturated carbocycles. The molecule has 0 aliphatic rings. The SMILES string of the molecule is COCCNC(=O)COC(=O)C(C)(C)c1ccccc1. The zero-order valence-corrected chi connectivity index (χ0v) is 12.1. The molecule has 110 valence electrons. The average Bonchev–Trinajstić information content (AvgIpc) is 2.46. The van der Waals surface area contributed by atoms with Crippen molar-refractivity contribution >= 4 is 11.9 Å². The van der Waals surface area contributed by atoms with E-state index in [1.807, 2.05) is 30.3 Å². The van der Waals surface area contributed by atoms with Crippen molar-refractivity contribution in [2.75, 3.05) is 26.9 Å². The quantitative estimate of drug-likeness (QED) is 0.603. The first kappa shape index (κ1) is 16.2. The van der Waals surface area contributed by atoms with Gasteiger partial charge in [0.15, 0.2) is 6.61 Å². The summed E-state index contributed by atoms with van der Waals surface area (Å²) in [7, 11) is 1.55. The second-order valence-corrected chi connectivity index (χ2v) is 4.91. The number of ether oxygens (including phenoxy) is 2. The first-order valence-corrected chi connectivity index (χ1v) is 6.47. The van der Waals surface area contributed by atoms with Gasteiger partial charge in [0.25, 0.3) is 5.91 Å². The third kappa shape index (κ3) is 4.66. The van der Waals surface area contributed by atoms with Crippen molar-refractivity contribution in [2.45, 2.75) is 19.3 Å². The molecule has 5 nitrogen and oxygen atoms in total. The van der Waals surface area contributed by atoms with Crippen molar-refractivity contribution in [3.05, 3.63) is 35.9 Å². The lowest BCUT2D eigenvalue weighted by atomic mass is 9.85. The molecule has 0 heterocycles. The van der Waals surface area contributed by atoms with Gasteiger partial charge in [-0.15, -0.1) is 0 Å². The highest BCUT2D eigenvalue weighted by molar-refractivity contribution is 5.85. The van der Waals surface area contributed by atoms with Gasteiger partial charge in [-0.25, -0.2) is 0 Å². The van der Waals surface area contributed by atoms with Crippen LogP contribution in [0.4, 0.5) is 0 Å². The van der Waals surface area contributed by atoms with E-state index in [1.165, 1.54) is 0 Å². The Labute approximate surface area is 119 Å². The molecule has 1 rings (SSSR count). The number of hydrogen-bond donors (Lipinski definition) is 1. The van der Waals surface area contributed by atoms with E-state index in [-0.39, 0.29) is 12.5 Å². The molecule has 1 aromatic rings. The molecule has 0 atom stereocenters. The number of esters is 1. The van der Waals surface area contributed by atoms with E-state index in [9.17, 15) is 9.59 Å². The molecular formula is C15H21NO4. The van der Waals surface area contributed by atoms with Crippen LogP contribution in [-0.2, 0) is 24.5 Å². The van der Waals surface area contributed by atoms with E-state index in [0.717, 1.165) is 5.56 Å². The molecule has 1 N–H and O–H groups in total. The first-order chi connectivity index (χ1) is 9.48. The van der Waals surface area contributed by atoms with Crippen LogP contribution in [0.1, 0.15) is 19.4 Å². The number of methoxy groups -OCH3 is 1. The molecule has 0 aromatic heterocycles. The summed E-state index contributed by atoms with van der Waals surface area (Å²) in [5.74, 6) is -0.759. The van der Waals surface area contributed by atoms with Crippen molar-refractivity contribution in [1.82, 2.24) is 5.32 Å². The number of hydrogen-bond acceptors (Lipinski definition) is 4. The largest absolute Gasteiger partial charge is 0.455 e. The fourth-order valence-electron chi connectivity index (χ4n) is 1.63. The number of rotatable bonds is 7. The lowest BCUT2D eigenvalue weighted by molar-refractivity contribution is -0.153. The molecule has 0 spiro atoms. The number of nitrogens with one attached hydrogen (secondary N) is 1. The maximum Gasteiger partial charge on any atom is 0.316 e. The fraction of sp³-hybridized carbons (Fsp3) is 0.467. The van der Waals surface area contributed by atoms with Gasteiger partial charge in [-0.05, 0) is 19.4 Å². The van der Waals surface area contributed by atoms with Crippen molar-refractivity contribution < 1.29 is 19.1 Å². The van der Waals surface area contributed by atoms with Crippen molar-refractivity contribution in [3.8, 4) is 0 Å². The van der Waals surface area contributed by atoms with Crippen LogP contribution < -0.4 is 5.32 Å². The van der Waals surface area contributed by atoms with Crippen LogP contribution in [0.5, 0.6) is 0 Å². The number of benzene rings is 1. The van der Waals surface area contributed by atoms with Crippen molar-refractivity contribution in [3.63, 3.8) is 0 Å². The zero-order chi connectivity index (χ0) is 15.0. The molecule has 1 amide bonds. The number of amides is 1. The second-order valence-electron chi connectivity index (χ2n) is 4.91. The molecule has 0 aliphatic heterocycles. The molecule has 1 aromatic carbocycles. The van der Waals surface area contributed by atoms with Crippen LogP contribution in [0.3, 0.4) is 0 Å². The van der Waals surface area contributed by atoms with E-state index < -0.39 is 11.4 Å². The molecule has 20 heavy (non-hydrogen) atoms. The molecule has 0 aliphatic carbocycles. The van der Waals surface area contributed by atoms with Crippen molar-refractivity contribution in [2.24, 2.45) is 0 Å². The van der Waals surface area contributed by atoms with Crippen molar-refractivity contribution in [1.29, 1.82) is 0 Å². The zero-order valence-electron chi connectivity index (χ0n) is 12.1. The summed E-state index contributed by atoms with van der Waals surface area (Å²) >= 11 is 0. The molecule has 0 fully saturated rings. The van der Waals surface area contributed by atoms with Crippen LogP contribution in [0.25, 0.3) is 0 Å². The van der Waals surface area contributed by atoms with Crippen LogP contribution in [-0.4, -0.2) is 38.7 Å². The van der Waals surface area contributed by atoms with Gasteiger partial charge < -0.3 is 14.8 Å². The smallest absolute Gasteiger partial charge is 0.316 e. The summed E-state index contributed by atoms with van der Waals surface area (Å²) in [6, 6.07) is 9.33. The predicted octanol–water partition coefficient (Wildman–Crippen LogP) is 1.27. The van der Waals surface area contributed by atoms with Gasteiger partial charge in [0.05, 0.1) is 12.0 Å². The Morgan fingerprint density at radius 3 is 2.45 bits per heavy atom. The highest BCUT2D eigenvalue weighted by Gasteiger charge is 2.31. The third-order valence-electron chi connectivity index (χ3n) is 2.97. The Morgan fingerprint density at radius 1 is 1.20 bits per heavy atom. The Bertz CT molecular complexity index is 442. The minimum absolute atomic E-state index is 0.279. The Hall–Kier alpha value is -1.88. The summed E-state index contributed by atoms with van der Waals surface area (Å²) in [5, 5.41) is 2.59. The van der Waals surface area contributed by atoms with E-state index in [2.05, 4.69) is 5.32 Å². The Kier molecular flexibility index (Phi) is 6.18. The molecule has 0 unspecified atom stereocenters. The monoisotopic (exact) mass is 279 g/mol. The maximum absolute atomic E-state index is 12.1. The van der Waals surface area contributed by atoms with E-state index >= 15 is 0 Å². The highest BCUT2D eigenvalue weighted by atomic mass is 16.5. The van der Waals surface area contributed by atoms with E-state index in [0.29, 0.717) is 13.2 Å². The maximum atomic E-state index is 12.1. The summed E-state index contributed by atoms with van der Waals surface area (Å²) < 4.78 is 9.87. The number of carbonyl (C=O) groups is 2. The molecule has 0 saturated heterocycles. The predicted molar refractivity (Wildman–Crippen MR) is 75.3 cm³/mol. The summed E-state index contributed by atoms with van der Waals surface area (Å²) in [5.41, 5.74) is 0.0680. The summed E-state index contributed by atoms with van der Waals surface area (Å²) in [6.45, 7) is 4.09. The summed E-state index contributed by atoms with van der Waals surface area (Å²) in [6.07, 6.45) is 0. The normalized spacial score (nSPS) is 10.9. The second kappa shape index (κ2) is 7.65. The van der Waals surface area contributed by atoms with E-state index in [4.69, 9.17) is 9.47 Å². The van der Waals surface area contributed by atoms with Gasteiger partial charge in [-0.3, -0.25) is 9.59 Å². The molecule has 0 radical (unpaired) electrons. The average molecular weight is 279 g/mol. The van der Waals surface area contributed by atoms with Crippen LogP contribution in [0, 0.1) is 0 Å². The lowest BCUT2D eigenvalue weighted by Gasteiger charge is -2.22. The third-order valence-corrected chi connectivity index (χ3v) is 2.97. The van der Waals surface area contributed by atoms with Gasteiger partial charge in [0, 0.05) is 13.7 Å². The first-order valence-electron chi connectivity index (χ1n) is 6.47. The molecular weight excluding hydrogens is 258 g/mol. The van der Waals surface area contributed by atoms with Gasteiger partial charge in [-0.1, -0.05) is 30.3 Å². The van der Waals surface area contributed by atoms with Gasteiger partial charge in [0.2, 0.25) is 0 Å². The lowest BCUT2D eigenvalue weighted by Crippen LogP contribution is -2.36. The molecule has 0 bridgehead atoms. The standard InChI is InChI=1S/C15H21NO4/c1-15(2,12-7-5-4-6-8-12)14(18)20-11-13(17)16-9-10-19-3/h4-8H,9-11H2,1-3H3,(H,16,17). The van der Waals surface area contributed by atoms with E-state index in [1.54, 1.807) is 21.0 Å². The number of carbonyl (C=O) groups excluding carboxylic acids is 2. The summed E-state index contributed by atoms with van der Waals surface area (Å²) in [4.78, 5) is 23.5. The van der Waals surface area contributed by atoms with Crippen LogP contribution >= 0.6 is 0 Å². The van der Waals surface area contributed by atoms with Gasteiger partial charge in [-0.2, -0.15) is 0 Å². The van der Waals surface area contributed by atoms with Gasteiger partial charge in [0.1, 0.15) is 0 Å². The topological polar surface area (TPSA) is 64.6 Å². The Balaban J connectivity index is 2.48. The minimum atomic E-state index is -0.784. The minimum Gasteiger partial charge on any atom is -0.455 e. The Morgan fingerprint density at radius 2 is 1.85 bits per heavy atom. The van der Waals surface area contributed by atoms with Crippen LogP contribution in [0.15, 0.2) is 30.3 Å².